The Morgan fingerprint density at radius 3 is 1.44 bits per heavy atom. The van der Waals surface area contributed by atoms with Gasteiger partial charge in [-0.2, -0.15) is 25.3 Å². The maximum absolute atomic E-state index is 11.5. The molecule has 0 aliphatic heterocycles. The minimum atomic E-state index is -4.10. The minimum absolute atomic E-state index is 0.0264. The van der Waals surface area contributed by atoms with Crippen LogP contribution in [0, 0.1) is 0 Å². The Morgan fingerprint density at radius 1 is 0.600 bits per heavy atom. The van der Waals surface area contributed by atoms with Crippen LogP contribution in [0.3, 0.4) is 0 Å². The number of rotatable bonds is 14. The van der Waals surface area contributed by atoms with Crippen LogP contribution in [-0.4, -0.2) is 69.9 Å². The molecule has 0 aliphatic carbocycles. The molecule has 0 unspecified atom stereocenters. The third-order valence-corrected chi connectivity index (χ3v) is 6.78. The van der Waals surface area contributed by atoms with Crippen LogP contribution in [0.2, 0.25) is 0 Å². The highest BCUT2D eigenvalue weighted by Gasteiger charge is 2.19. The first-order valence-corrected chi connectivity index (χ1v) is 13.8. The molecule has 0 aliphatic rings. The van der Waals surface area contributed by atoms with E-state index in [0.29, 0.717) is 0 Å². The van der Waals surface area contributed by atoms with Crippen molar-refractivity contribution in [3.05, 3.63) is 0 Å². The quantitative estimate of drug-likeness (QED) is 0.242. The van der Waals surface area contributed by atoms with Crippen LogP contribution in [0.25, 0.3) is 0 Å². The average Bonchev–Trinajstić information content (AvgIpc) is 2.42. The SMILES string of the molecule is CCOS(=O)(=O)COS(=O)(=O)CCCCCS(=O)(=O)OCS(C)(=O)=O. The molecule has 0 saturated heterocycles. The van der Waals surface area contributed by atoms with Crippen molar-refractivity contribution in [3.63, 3.8) is 0 Å². The van der Waals surface area contributed by atoms with Crippen molar-refractivity contribution in [1.82, 2.24) is 0 Å². The molecular formula is C10H22O11S4. The molecule has 11 nitrogen and oxygen atoms in total. The van der Waals surface area contributed by atoms with E-state index >= 15 is 0 Å². The molecule has 0 radical (unpaired) electrons. The summed E-state index contributed by atoms with van der Waals surface area (Å²) in [6.45, 7) is 1.27. The van der Waals surface area contributed by atoms with E-state index in [0.717, 1.165) is 6.26 Å². The largest absolute Gasteiger partial charge is 0.293 e. The smallest absolute Gasteiger partial charge is 0.269 e. The Balaban J connectivity index is 4.15. The second-order valence-corrected chi connectivity index (χ2v) is 12.1. The van der Waals surface area contributed by atoms with Crippen LogP contribution in [-0.2, 0) is 52.7 Å². The highest BCUT2D eigenvalue weighted by Crippen LogP contribution is 2.07. The summed E-state index contributed by atoms with van der Waals surface area (Å²) in [5.41, 5.74) is 0. The fourth-order valence-electron chi connectivity index (χ4n) is 1.36. The molecular weight excluding hydrogens is 424 g/mol. The number of unbranched alkanes of at least 4 members (excludes halogenated alkanes) is 2. The summed E-state index contributed by atoms with van der Waals surface area (Å²) in [7, 11) is -15.8. The predicted octanol–water partition coefficient (Wildman–Crippen LogP) is -0.825. The summed E-state index contributed by atoms with van der Waals surface area (Å²) in [6, 6.07) is 0. The van der Waals surface area contributed by atoms with Gasteiger partial charge in [-0.1, -0.05) is 6.42 Å². The van der Waals surface area contributed by atoms with Crippen LogP contribution >= 0.6 is 0 Å². The van der Waals surface area contributed by atoms with Gasteiger partial charge in [0.1, 0.15) is 0 Å². The monoisotopic (exact) mass is 446 g/mol. The molecule has 0 saturated carbocycles. The van der Waals surface area contributed by atoms with Crippen molar-refractivity contribution < 1.29 is 46.2 Å². The van der Waals surface area contributed by atoms with Gasteiger partial charge >= 0.3 is 0 Å². The lowest BCUT2D eigenvalue weighted by Crippen LogP contribution is -2.19. The molecule has 152 valence electrons. The highest BCUT2D eigenvalue weighted by molar-refractivity contribution is 7.92. The first kappa shape index (κ1) is 24.7. The Hall–Kier alpha value is -0.320. The van der Waals surface area contributed by atoms with Gasteiger partial charge in [-0.05, 0) is 19.8 Å². The van der Waals surface area contributed by atoms with Crippen molar-refractivity contribution in [2.45, 2.75) is 26.2 Å². The van der Waals surface area contributed by atoms with E-state index in [9.17, 15) is 33.7 Å². The zero-order valence-electron chi connectivity index (χ0n) is 13.8. The maximum atomic E-state index is 11.5. The van der Waals surface area contributed by atoms with Gasteiger partial charge in [-0.15, -0.1) is 0 Å². The van der Waals surface area contributed by atoms with Crippen molar-refractivity contribution in [2.75, 3.05) is 36.2 Å². The Kier molecular flexibility index (Phi) is 10.00. The van der Waals surface area contributed by atoms with E-state index in [1.54, 1.807) is 0 Å². The van der Waals surface area contributed by atoms with Gasteiger partial charge in [-0.3, -0.25) is 12.5 Å². The molecule has 0 aromatic carbocycles. The lowest BCUT2D eigenvalue weighted by Gasteiger charge is -2.07. The Labute approximate surface area is 148 Å². The summed E-state index contributed by atoms with van der Waals surface area (Å²) in [6.07, 6.45) is 1.05. The zero-order valence-corrected chi connectivity index (χ0v) is 17.0. The summed E-state index contributed by atoms with van der Waals surface area (Å²) >= 11 is 0. The van der Waals surface area contributed by atoms with E-state index in [-0.39, 0.29) is 25.9 Å². The second kappa shape index (κ2) is 10.1. The summed E-state index contributed by atoms with van der Waals surface area (Å²) in [4.78, 5) is 0. The molecule has 0 rings (SSSR count). The lowest BCUT2D eigenvalue weighted by molar-refractivity contribution is 0.299. The lowest BCUT2D eigenvalue weighted by atomic mass is 10.3. The van der Waals surface area contributed by atoms with Crippen molar-refractivity contribution >= 4 is 40.2 Å². The fraction of sp³-hybridized carbons (Fsp3) is 1.00. The average molecular weight is 447 g/mol. The van der Waals surface area contributed by atoms with Gasteiger partial charge in [0.05, 0.1) is 18.1 Å². The molecule has 15 heteroatoms. The molecule has 0 fully saturated rings. The van der Waals surface area contributed by atoms with Gasteiger partial charge in [0.25, 0.3) is 30.4 Å². The van der Waals surface area contributed by atoms with Gasteiger partial charge in [0.2, 0.25) is 0 Å². The van der Waals surface area contributed by atoms with Crippen molar-refractivity contribution in [1.29, 1.82) is 0 Å². The molecule has 0 heterocycles. The third kappa shape index (κ3) is 14.5. The van der Waals surface area contributed by atoms with Crippen molar-refractivity contribution in [3.8, 4) is 0 Å². The fourth-order valence-corrected chi connectivity index (χ4v) is 5.48. The molecule has 25 heavy (non-hydrogen) atoms. The molecule has 0 N–H and O–H groups in total. The Bertz CT molecular complexity index is 806. The molecule has 0 aromatic rings. The van der Waals surface area contributed by atoms with Crippen molar-refractivity contribution in [2.24, 2.45) is 0 Å². The highest BCUT2D eigenvalue weighted by atomic mass is 32.2. The molecule has 0 bridgehead atoms. The normalized spacial score (nSPS) is 13.8. The number of sulfone groups is 1. The maximum Gasteiger partial charge on any atom is 0.293 e. The molecule has 0 spiro atoms. The number of hydrogen-bond donors (Lipinski definition) is 0. The van der Waals surface area contributed by atoms with Crippen LogP contribution < -0.4 is 0 Å². The summed E-state index contributed by atoms with van der Waals surface area (Å²) in [5, 5.41) is 0. The summed E-state index contributed by atoms with van der Waals surface area (Å²) in [5.74, 6) is -3.05. The van der Waals surface area contributed by atoms with Gasteiger partial charge in [0.15, 0.2) is 21.7 Å². The topological polar surface area (TPSA) is 164 Å². The third-order valence-electron chi connectivity index (χ3n) is 2.40. The van der Waals surface area contributed by atoms with Gasteiger partial charge in [0, 0.05) is 6.26 Å². The Morgan fingerprint density at radius 2 is 1.04 bits per heavy atom. The first-order chi connectivity index (χ1) is 11.2. The standard InChI is InChI=1S/C10H22O11S4/c1-3-19-25(17,18)10-21-24(15,16)8-6-4-5-7-23(13,14)20-9-22(2,11)12/h3-10H2,1-2H3. The van der Waals surface area contributed by atoms with E-state index in [4.69, 9.17) is 0 Å². The zero-order chi connectivity index (χ0) is 19.8. The summed E-state index contributed by atoms with van der Waals surface area (Å²) < 4.78 is 103. The van der Waals surface area contributed by atoms with Crippen LogP contribution in [0.1, 0.15) is 26.2 Å². The predicted molar refractivity (Wildman–Crippen MR) is 88.7 cm³/mol. The second-order valence-electron chi connectivity index (χ2n) is 4.95. The van der Waals surface area contributed by atoms with Gasteiger partial charge in [-0.25, -0.2) is 8.42 Å². The van der Waals surface area contributed by atoms with Crippen LogP contribution in [0.4, 0.5) is 0 Å². The van der Waals surface area contributed by atoms with Crippen LogP contribution in [0.15, 0.2) is 0 Å². The van der Waals surface area contributed by atoms with Crippen LogP contribution in [0.5, 0.6) is 0 Å². The van der Waals surface area contributed by atoms with Gasteiger partial charge < -0.3 is 0 Å². The molecule has 0 aromatic heterocycles. The molecule has 0 atom stereocenters. The molecule has 0 amide bonds. The van der Waals surface area contributed by atoms with E-state index in [1.165, 1.54) is 6.92 Å². The van der Waals surface area contributed by atoms with E-state index in [2.05, 4.69) is 12.5 Å². The van der Waals surface area contributed by atoms with E-state index in [1.807, 2.05) is 0 Å². The van der Waals surface area contributed by atoms with E-state index < -0.39 is 63.6 Å². The first-order valence-electron chi connectivity index (χ1n) is 6.97. The number of hydrogen-bond acceptors (Lipinski definition) is 11. The minimum Gasteiger partial charge on any atom is -0.269 e.